The van der Waals surface area contributed by atoms with Gasteiger partial charge in [-0.3, -0.25) is 19.3 Å². The van der Waals surface area contributed by atoms with Crippen molar-refractivity contribution >= 4 is 46.3 Å². The van der Waals surface area contributed by atoms with Crippen LogP contribution in [0.25, 0.3) is 5.76 Å². The third-order valence-corrected chi connectivity index (χ3v) is 5.69. The van der Waals surface area contributed by atoms with Gasteiger partial charge >= 0.3 is 0 Å². The summed E-state index contributed by atoms with van der Waals surface area (Å²) in [5.41, 5.74) is 1.61. The maximum atomic E-state index is 13.3. The smallest absolute Gasteiger partial charge is 0.300 e. The SMILES string of the molecule is COc1ccccc1C1/C(=C(\O)c2ccc(Cl)cc2)C(=O)C(=O)N1c1cccc(NC(C)=O)c1. The summed E-state index contributed by atoms with van der Waals surface area (Å²) < 4.78 is 5.51. The van der Waals surface area contributed by atoms with Gasteiger partial charge in [0.05, 0.1) is 18.7 Å². The molecule has 2 N–H and O–H groups in total. The van der Waals surface area contributed by atoms with E-state index in [-0.39, 0.29) is 17.2 Å². The van der Waals surface area contributed by atoms with Crippen molar-refractivity contribution in [2.75, 3.05) is 17.3 Å². The van der Waals surface area contributed by atoms with Gasteiger partial charge in [0.15, 0.2) is 0 Å². The van der Waals surface area contributed by atoms with Crippen LogP contribution in [-0.2, 0) is 14.4 Å². The number of halogens is 1. The molecule has 8 heteroatoms. The molecule has 3 aromatic rings. The van der Waals surface area contributed by atoms with E-state index in [4.69, 9.17) is 16.3 Å². The summed E-state index contributed by atoms with van der Waals surface area (Å²) in [6.45, 7) is 1.37. The van der Waals surface area contributed by atoms with Crippen molar-refractivity contribution < 1.29 is 24.2 Å². The number of aliphatic hydroxyl groups is 1. The Morgan fingerprint density at radius 2 is 1.74 bits per heavy atom. The quantitative estimate of drug-likeness (QED) is 0.309. The molecule has 1 unspecified atom stereocenters. The zero-order valence-electron chi connectivity index (χ0n) is 18.4. The number of rotatable bonds is 5. The predicted octanol–water partition coefficient (Wildman–Crippen LogP) is 4.93. The van der Waals surface area contributed by atoms with Gasteiger partial charge in [0.1, 0.15) is 11.5 Å². The van der Waals surface area contributed by atoms with Crippen LogP contribution < -0.4 is 15.0 Å². The van der Waals surface area contributed by atoms with Crippen LogP contribution in [0.4, 0.5) is 11.4 Å². The van der Waals surface area contributed by atoms with E-state index < -0.39 is 17.7 Å². The second-order valence-corrected chi connectivity index (χ2v) is 8.09. The minimum absolute atomic E-state index is 0.0817. The molecule has 0 aromatic heterocycles. The summed E-state index contributed by atoms with van der Waals surface area (Å²) >= 11 is 5.97. The van der Waals surface area contributed by atoms with Gasteiger partial charge in [-0.2, -0.15) is 0 Å². The third-order valence-electron chi connectivity index (χ3n) is 5.44. The van der Waals surface area contributed by atoms with Crippen molar-refractivity contribution in [3.8, 4) is 5.75 Å². The lowest BCUT2D eigenvalue weighted by molar-refractivity contribution is -0.132. The van der Waals surface area contributed by atoms with Crippen LogP contribution >= 0.6 is 11.6 Å². The normalized spacial score (nSPS) is 17.0. The van der Waals surface area contributed by atoms with Crippen LogP contribution in [-0.4, -0.2) is 29.8 Å². The molecular formula is C26H21ClN2O5. The lowest BCUT2D eigenvalue weighted by Gasteiger charge is -2.27. The number of nitrogens with one attached hydrogen (secondary N) is 1. The molecule has 1 aliphatic rings. The maximum absolute atomic E-state index is 13.3. The van der Waals surface area contributed by atoms with E-state index in [1.807, 2.05) is 0 Å². The number of carbonyl (C=O) groups is 3. The number of amides is 2. The molecule has 7 nitrogen and oxygen atoms in total. The number of ketones is 1. The van der Waals surface area contributed by atoms with Crippen LogP contribution in [0.1, 0.15) is 24.1 Å². The van der Waals surface area contributed by atoms with Crippen molar-refractivity contribution in [1.29, 1.82) is 0 Å². The van der Waals surface area contributed by atoms with Crippen molar-refractivity contribution in [3.05, 3.63) is 94.5 Å². The zero-order chi connectivity index (χ0) is 24.4. The largest absolute Gasteiger partial charge is 0.507 e. The lowest BCUT2D eigenvalue weighted by atomic mass is 9.94. The second kappa shape index (κ2) is 9.41. The van der Waals surface area contributed by atoms with E-state index in [9.17, 15) is 19.5 Å². The first-order valence-corrected chi connectivity index (χ1v) is 10.8. The van der Waals surface area contributed by atoms with Crippen molar-refractivity contribution in [2.24, 2.45) is 0 Å². The molecule has 1 saturated heterocycles. The third kappa shape index (κ3) is 4.25. The highest BCUT2D eigenvalue weighted by molar-refractivity contribution is 6.51. The first-order chi connectivity index (χ1) is 16.3. The number of Topliss-reactive ketones (excluding diaryl/α,β-unsaturated/α-hetero) is 1. The highest BCUT2D eigenvalue weighted by Crippen LogP contribution is 2.45. The van der Waals surface area contributed by atoms with Crippen LogP contribution in [0.3, 0.4) is 0 Å². The summed E-state index contributed by atoms with van der Waals surface area (Å²) in [5, 5.41) is 14.3. The molecule has 34 heavy (non-hydrogen) atoms. The summed E-state index contributed by atoms with van der Waals surface area (Å²) in [7, 11) is 1.49. The van der Waals surface area contributed by atoms with Crippen LogP contribution in [0, 0.1) is 0 Å². The molecule has 1 atom stereocenters. The summed E-state index contributed by atoms with van der Waals surface area (Å²) in [6.07, 6.45) is 0. The summed E-state index contributed by atoms with van der Waals surface area (Å²) in [6, 6.07) is 18.9. The Labute approximate surface area is 201 Å². The molecule has 3 aromatic carbocycles. The number of ether oxygens (including phenoxy) is 1. The van der Waals surface area contributed by atoms with Crippen molar-refractivity contribution in [3.63, 3.8) is 0 Å². The Kier molecular flexibility index (Phi) is 6.38. The van der Waals surface area contributed by atoms with Crippen LogP contribution in [0.15, 0.2) is 78.4 Å². The van der Waals surface area contributed by atoms with Gasteiger partial charge in [0, 0.05) is 34.4 Å². The van der Waals surface area contributed by atoms with Crippen LogP contribution in [0.5, 0.6) is 5.75 Å². The van der Waals surface area contributed by atoms with Gasteiger partial charge in [0.25, 0.3) is 11.7 Å². The van der Waals surface area contributed by atoms with Gasteiger partial charge in [-0.1, -0.05) is 35.9 Å². The second-order valence-electron chi connectivity index (χ2n) is 7.65. The number of aliphatic hydroxyl groups excluding tert-OH is 1. The van der Waals surface area contributed by atoms with Crippen LogP contribution in [0.2, 0.25) is 5.02 Å². The molecule has 1 fully saturated rings. The topological polar surface area (TPSA) is 95.9 Å². The number of carbonyl (C=O) groups excluding carboxylic acids is 3. The monoisotopic (exact) mass is 476 g/mol. The number of para-hydroxylation sites is 1. The summed E-state index contributed by atoms with van der Waals surface area (Å²) in [5.74, 6) is -1.81. The molecule has 1 heterocycles. The van der Waals surface area contributed by atoms with Gasteiger partial charge in [0.2, 0.25) is 5.91 Å². The first kappa shape index (κ1) is 23.1. The Morgan fingerprint density at radius 1 is 1.03 bits per heavy atom. The van der Waals surface area contributed by atoms with Crippen molar-refractivity contribution in [1.82, 2.24) is 0 Å². The fourth-order valence-corrected chi connectivity index (χ4v) is 4.11. The predicted molar refractivity (Wildman–Crippen MR) is 130 cm³/mol. The van der Waals surface area contributed by atoms with E-state index in [1.165, 1.54) is 18.9 Å². The average Bonchev–Trinajstić information content (AvgIpc) is 3.09. The van der Waals surface area contributed by atoms with Gasteiger partial charge in [-0.25, -0.2) is 0 Å². The van der Waals surface area contributed by atoms with E-state index in [0.29, 0.717) is 33.3 Å². The van der Waals surface area contributed by atoms with E-state index >= 15 is 0 Å². The standard InChI is InChI=1S/C26H21ClN2O5/c1-15(30)28-18-6-5-7-19(14-18)29-23(20-8-3-4-9-21(20)34-2)22(25(32)26(29)33)24(31)16-10-12-17(27)13-11-16/h3-14,23,31H,1-2H3,(H,28,30)/b24-22+. The molecule has 4 rings (SSSR count). The van der Waals surface area contributed by atoms with Gasteiger partial charge in [-0.05, 0) is 48.5 Å². The molecular weight excluding hydrogens is 456 g/mol. The molecule has 0 spiro atoms. The Hall–Kier alpha value is -4.10. The maximum Gasteiger partial charge on any atom is 0.300 e. The first-order valence-electron chi connectivity index (χ1n) is 10.4. The molecule has 172 valence electrons. The van der Waals surface area contributed by atoms with Gasteiger partial charge in [-0.15, -0.1) is 0 Å². The minimum atomic E-state index is -0.973. The average molecular weight is 477 g/mol. The van der Waals surface area contributed by atoms with E-state index in [0.717, 1.165) is 0 Å². The molecule has 0 saturated carbocycles. The Balaban J connectivity index is 1.95. The number of methoxy groups -OCH3 is 1. The number of benzene rings is 3. The molecule has 2 amide bonds. The van der Waals surface area contributed by atoms with Crippen molar-refractivity contribution in [2.45, 2.75) is 13.0 Å². The molecule has 0 aliphatic carbocycles. The number of nitrogens with zero attached hydrogens (tertiary/aromatic N) is 1. The number of anilines is 2. The van der Waals surface area contributed by atoms with Gasteiger partial charge < -0.3 is 15.2 Å². The highest BCUT2D eigenvalue weighted by Gasteiger charge is 2.48. The Morgan fingerprint density at radius 3 is 2.41 bits per heavy atom. The van der Waals surface area contributed by atoms with E-state index in [1.54, 1.807) is 72.8 Å². The summed E-state index contributed by atoms with van der Waals surface area (Å²) in [4.78, 5) is 39.4. The highest BCUT2D eigenvalue weighted by atomic mass is 35.5. The minimum Gasteiger partial charge on any atom is -0.507 e. The number of hydrogen-bond acceptors (Lipinski definition) is 5. The molecule has 1 aliphatic heterocycles. The lowest BCUT2D eigenvalue weighted by Crippen LogP contribution is -2.29. The fourth-order valence-electron chi connectivity index (χ4n) is 3.99. The molecule has 0 radical (unpaired) electrons. The molecule has 0 bridgehead atoms. The number of hydrogen-bond donors (Lipinski definition) is 2. The zero-order valence-corrected chi connectivity index (χ0v) is 19.2. The fraction of sp³-hybridized carbons (Fsp3) is 0.115. The van der Waals surface area contributed by atoms with E-state index in [2.05, 4.69) is 5.32 Å². The Bertz CT molecular complexity index is 1320.